The maximum absolute atomic E-state index is 12.5. The number of halogens is 1. The second-order valence-corrected chi connectivity index (χ2v) is 9.44. The van der Waals surface area contributed by atoms with Gasteiger partial charge < -0.3 is 4.90 Å². The molecule has 0 aliphatic heterocycles. The number of rotatable bonds is 6. The van der Waals surface area contributed by atoms with Gasteiger partial charge in [-0.05, 0) is 36.8 Å². The molecule has 3 rings (SSSR count). The number of thiazole rings is 1. The van der Waals surface area contributed by atoms with Crippen molar-refractivity contribution in [1.29, 1.82) is 0 Å². The molecule has 3 aromatic rings. The van der Waals surface area contributed by atoms with Crippen LogP contribution >= 0.6 is 22.9 Å². The van der Waals surface area contributed by atoms with E-state index in [0.717, 1.165) is 20.8 Å². The van der Waals surface area contributed by atoms with Crippen LogP contribution in [0.25, 0.3) is 10.2 Å². The first-order valence-corrected chi connectivity index (χ1v) is 10.8. The molecule has 0 aliphatic rings. The standard InChI is InChI=1S/C18H18ClN3O3S2/c1-12-21-16-8-7-14(9-17(16)26-12)27(24,25)20-10-18(23)22(2)11-13-5-3-4-6-15(13)19/h3-9,20H,10-11H2,1-2H3. The Kier molecular flexibility index (Phi) is 5.81. The minimum Gasteiger partial charge on any atom is -0.340 e. The highest BCUT2D eigenvalue weighted by Gasteiger charge is 2.19. The highest BCUT2D eigenvalue weighted by Crippen LogP contribution is 2.24. The van der Waals surface area contributed by atoms with Crippen molar-refractivity contribution in [1.82, 2.24) is 14.6 Å². The fourth-order valence-electron chi connectivity index (χ4n) is 2.53. The van der Waals surface area contributed by atoms with Crippen molar-refractivity contribution >= 4 is 49.1 Å². The van der Waals surface area contributed by atoms with Crippen LogP contribution in [0.2, 0.25) is 5.02 Å². The molecule has 0 bridgehead atoms. The minimum absolute atomic E-state index is 0.111. The molecule has 2 aromatic carbocycles. The van der Waals surface area contributed by atoms with Crippen molar-refractivity contribution in [3.05, 3.63) is 58.1 Å². The summed E-state index contributed by atoms with van der Waals surface area (Å²) in [6.45, 7) is 1.83. The Bertz CT molecular complexity index is 1100. The van der Waals surface area contributed by atoms with Gasteiger partial charge in [0, 0.05) is 18.6 Å². The van der Waals surface area contributed by atoms with Gasteiger partial charge in [-0.25, -0.2) is 18.1 Å². The van der Waals surface area contributed by atoms with Crippen LogP contribution in [0, 0.1) is 6.92 Å². The number of likely N-dealkylation sites (N-methyl/N-ethyl adjacent to an activating group) is 1. The van der Waals surface area contributed by atoms with Gasteiger partial charge in [0.25, 0.3) is 0 Å². The van der Waals surface area contributed by atoms with E-state index in [2.05, 4.69) is 9.71 Å². The van der Waals surface area contributed by atoms with Gasteiger partial charge in [-0.15, -0.1) is 11.3 Å². The minimum atomic E-state index is -3.80. The molecular weight excluding hydrogens is 406 g/mol. The Morgan fingerprint density at radius 3 is 2.74 bits per heavy atom. The molecule has 1 N–H and O–H groups in total. The second-order valence-electron chi connectivity index (χ2n) is 6.03. The Morgan fingerprint density at radius 1 is 1.26 bits per heavy atom. The summed E-state index contributed by atoms with van der Waals surface area (Å²) < 4.78 is 28.2. The summed E-state index contributed by atoms with van der Waals surface area (Å²) in [7, 11) is -2.19. The first-order valence-electron chi connectivity index (χ1n) is 8.10. The SMILES string of the molecule is Cc1nc2ccc(S(=O)(=O)NCC(=O)N(C)Cc3ccccc3Cl)cc2s1. The third kappa shape index (κ3) is 4.65. The van der Waals surface area contributed by atoms with Gasteiger partial charge >= 0.3 is 0 Å². The van der Waals surface area contributed by atoms with Crippen molar-refractivity contribution in [2.24, 2.45) is 0 Å². The van der Waals surface area contributed by atoms with Crippen molar-refractivity contribution in [2.45, 2.75) is 18.4 Å². The summed E-state index contributed by atoms with van der Waals surface area (Å²) in [5.41, 5.74) is 1.55. The van der Waals surface area contributed by atoms with Crippen LogP contribution in [0.1, 0.15) is 10.6 Å². The summed E-state index contributed by atoms with van der Waals surface area (Å²) in [4.78, 5) is 18.2. The van der Waals surface area contributed by atoms with Crippen LogP contribution in [0.5, 0.6) is 0 Å². The van der Waals surface area contributed by atoms with Gasteiger partial charge in [-0.2, -0.15) is 0 Å². The average molecular weight is 424 g/mol. The largest absolute Gasteiger partial charge is 0.340 e. The van der Waals surface area contributed by atoms with Crippen LogP contribution < -0.4 is 4.72 Å². The van der Waals surface area contributed by atoms with Crippen LogP contribution in [0.15, 0.2) is 47.4 Å². The number of sulfonamides is 1. The summed E-state index contributed by atoms with van der Waals surface area (Å²) in [5.74, 6) is -0.354. The number of fused-ring (bicyclic) bond motifs is 1. The van der Waals surface area contributed by atoms with Gasteiger partial charge in [-0.3, -0.25) is 4.79 Å². The highest BCUT2D eigenvalue weighted by atomic mass is 35.5. The zero-order valence-electron chi connectivity index (χ0n) is 14.8. The number of aryl methyl sites for hydroxylation is 1. The smallest absolute Gasteiger partial charge is 0.241 e. The van der Waals surface area contributed by atoms with Gasteiger partial charge in [0.05, 0.1) is 26.7 Å². The summed E-state index contributed by atoms with van der Waals surface area (Å²) >= 11 is 7.52. The molecule has 1 heterocycles. The van der Waals surface area contributed by atoms with Gasteiger partial charge in [0.2, 0.25) is 15.9 Å². The van der Waals surface area contributed by atoms with E-state index >= 15 is 0 Å². The summed E-state index contributed by atoms with van der Waals surface area (Å²) in [6.07, 6.45) is 0. The first kappa shape index (κ1) is 19.8. The molecule has 0 fully saturated rings. The quantitative estimate of drug-likeness (QED) is 0.660. The van der Waals surface area contributed by atoms with Gasteiger partial charge in [-0.1, -0.05) is 29.8 Å². The average Bonchev–Trinajstić information content (AvgIpc) is 3.00. The topological polar surface area (TPSA) is 79.4 Å². The number of hydrogen-bond donors (Lipinski definition) is 1. The number of nitrogens with zero attached hydrogens (tertiary/aromatic N) is 2. The molecule has 9 heteroatoms. The Morgan fingerprint density at radius 2 is 2.00 bits per heavy atom. The molecule has 0 radical (unpaired) electrons. The molecule has 0 aliphatic carbocycles. The first-order chi connectivity index (χ1) is 12.8. The fourth-order valence-corrected chi connectivity index (χ4v) is 4.67. The van der Waals surface area contributed by atoms with Gasteiger partial charge in [0.1, 0.15) is 0 Å². The van der Waals surface area contributed by atoms with E-state index in [-0.39, 0.29) is 17.3 Å². The molecule has 142 valence electrons. The number of carbonyl (C=O) groups is 1. The lowest BCUT2D eigenvalue weighted by atomic mass is 10.2. The van der Waals surface area contributed by atoms with Crippen molar-refractivity contribution in [2.75, 3.05) is 13.6 Å². The molecule has 0 unspecified atom stereocenters. The van der Waals surface area contributed by atoms with E-state index in [4.69, 9.17) is 11.6 Å². The van der Waals surface area contributed by atoms with E-state index in [9.17, 15) is 13.2 Å². The van der Waals surface area contributed by atoms with E-state index in [0.29, 0.717) is 11.6 Å². The van der Waals surface area contributed by atoms with Crippen molar-refractivity contribution in [3.8, 4) is 0 Å². The van der Waals surface area contributed by atoms with Crippen LogP contribution in [-0.2, 0) is 21.4 Å². The lowest BCUT2D eigenvalue weighted by molar-refractivity contribution is -0.129. The van der Waals surface area contributed by atoms with E-state index in [1.807, 2.05) is 25.1 Å². The summed E-state index contributed by atoms with van der Waals surface area (Å²) in [5, 5.41) is 1.43. The number of aromatic nitrogens is 1. The van der Waals surface area contributed by atoms with Crippen molar-refractivity contribution in [3.63, 3.8) is 0 Å². The van der Waals surface area contributed by atoms with E-state index in [1.54, 1.807) is 25.2 Å². The number of hydrogen-bond acceptors (Lipinski definition) is 5. The lowest BCUT2D eigenvalue weighted by Crippen LogP contribution is -2.37. The maximum Gasteiger partial charge on any atom is 0.241 e. The molecule has 6 nitrogen and oxygen atoms in total. The lowest BCUT2D eigenvalue weighted by Gasteiger charge is -2.18. The van der Waals surface area contributed by atoms with Crippen LogP contribution in [0.3, 0.4) is 0 Å². The summed E-state index contributed by atoms with van der Waals surface area (Å²) in [6, 6.07) is 11.9. The van der Waals surface area contributed by atoms with Crippen LogP contribution in [0.4, 0.5) is 0 Å². The zero-order valence-corrected chi connectivity index (χ0v) is 17.2. The number of amides is 1. The predicted molar refractivity (Wildman–Crippen MR) is 107 cm³/mol. The predicted octanol–water partition coefficient (Wildman–Crippen LogP) is 3.20. The molecule has 0 saturated heterocycles. The second kappa shape index (κ2) is 7.93. The molecule has 27 heavy (non-hydrogen) atoms. The zero-order chi connectivity index (χ0) is 19.6. The highest BCUT2D eigenvalue weighted by molar-refractivity contribution is 7.89. The molecule has 0 spiro atoms. The Labute approximate surface area is 166 Å². The Balaban J connectivity index is 1.66. The normalized spacial score (nSPS) is 11.7. The number of carbonyl (C=O) groups excluding carboxylic acids is 1. The molecule has 1 aromatic heterocycles. The molecule has 0 saturated carbocycles. The van der Waals surface area contributed by atoms with Gasteiger partial charge in [0.15, 0.2) is 0 Å². The fraction of sp³-hybridized carbons (Fsp3) is 0.222. The maximum atomic E-state index is 12.5. The van der Waals surface area contributed by atoms with Crippen molar-refractivity contribution < 1.29 is 13.2 Å². The molecular formula is C18H18ClN3O3S2. The van der Waals surface area contributed by atoms with Crippen LogP contribution in [-0.4, -0.2) is 37.8 Å². The molecule has 1 amide bonds. The monoisotopic (exact) mass is 423 g/mol. The number of benzene rings is 2. The third-order valence-electron chi connectivity index (χ3n) is 3.98. The molecule has 0 atom stereocenters. The van der Waals surface area contributed by atoms with E-state index < -0.39 is 10.0 Å². The van der Waals surface area contributed by atoms with E-state index in [1.165, 1.54) is 22.3 Å². The Hall–Kier alpha value is -2.00. The number of nitrogens with one attached hydrogen (secondary N) is 1. The third-order valence-corrected chi connectivity index (χ3v) is 6.68.